The smallest absolute Gasteiger partial charge is 0.335 e. The molecule has 0 bridgehead atoms. The van der Waals surface area contributed by atoms with E-state index in [9.17, 15) is 22.8 Å². The van der Waals surface area contributed by atoms with Crippen LogP contribution in [0, 0.1) is 17.5 Å². The molecular weight excluding hydrogens is 557 g/mol. The van der Waals surface area contributed by atoms with Gasteiger partial charge in [-0.15, -0.1) is 0 Å². The van der Waals surface area contributed by atoms with Gasteiger partial charge in [-0.05, 0) is 85.3 Å². The largest absolute Gasteiger partial charge is 0.479 e. The quantitative estimate of drug-likeness (QED) is 0.261. The maximum absolute atomic E-state index is 13.4. The highest BCUT2D eigenvalue weighted by Gasteiger charge is 2.29. The Labute approximate surface area is 240 Å². The summed E-state index contributed by atoms with van der Waals surface area (Å²) in [5.41, 5.74) is 1.73. The number of nitrogens with zero attached hydrogens (tertiary/aromatic N) is 2. The molecule has 2 unspecified atom stereocenters. The Kier molecular flexibility index (Phi) is 11.9. The summed E-state index contributed by atoms with van der Waals surface area (Å²) < 4.78 is 45.6. The van der Waals surface area contributed by atoms with Gasteiger partial charge in [-0.3, -0.25) is 4.90 Å². The number of aliphatic carboxylic acids is 2. The van der Waals surface area contributed by atoms with Crippen LogP contribution in [-0.2, 0) is 9.59 Å². The lowest BCUT2D eigenvalue weighted by molar-refractivity contribution is -0.165. The highest BCUT2D eigenvalue weighted by atomic mass is 19.1. The molecule has 9 nitrogen and oxygen atoms in total. The second-order valence-corrected chi connectivity index (χ2v) is 9.30. The maximum atomic E-state index is 13.4. The third-order valence-corrected chi connectivity index (χ3v) is 6.25. The predicted molar refractivity (Wildman–Crippen MR) is 148 cm³/mol. The number of anilines is 2. The second kappa shape index (κ2) is 15.6. The molecule has 1 aliphatic heterocycles. The third kappa shape index (κ3) is 9.91. The molecule has 224 valence electrons. The van der Waals surface area contributed by atoms with E-state index in [1.165, 1.54) is 36.4 Å². The zero-order valence-corrected chi connectivity index (χ0v) is 22.4. The standard InChI is InChI=1S/C26H25F3N2O.C4H6O6/c27-20-2-8-23(9-3-20)31(24-10-4-21(28)5-11-24)17-1-16-30-18-14-26(15-19-30)32-25-12-6-22(29)7-13-25;5-1(3(7)8)2(6)4(9)10/h2-14H,1,15-19H2;1-2,5-6H,(H,7,8)(H,9,10). The molecule has 1 aliphatic rings. The van der Waals surface area contributed by atoms with Gasteiger partial charge >= 0.3 is 11.9 Å². The Bertz CT molecular complexity index is 1270. The zero-order valence-electron chi connectivity index (χ0n) is 22.4. The average molecular weight is 589 g/mol. The number of aliphatic hydroxyl groups excluding tert-OH is 2. The summed E-state index contributed by atoms with van der Waals surface area (Å²) >= 11 is 0. The SMILES string of the molecule is Fc1ccc(OC2=CCN(CCCN(c3ccc(F)cc3)c3ccc(F)cc3)CC2)cc1.O=C(O)C(O)C(O)C(=O)O. The molecule has 0 saturated heterocycles. The Morgan fingerprint density at radius 1 is 0.786 bits per heavy atom. The minimum Gasteiger partial charge on any atom is -0.479 e. The second-order valence-electron chi connectivity index (χ2n) is 9.30. The fourth-order valence-electron chi connectivity index (χ4n) is 4.01. The van der Waals surface area contributed by atoms with Crippen LogP contribution in [0.15, 0.2) is 84.6 Å². The third-order valence-electron chi connectivity index (χ3n) is 6.25. The Balaban J connectivity index is 0.000000416. The minimum atomic E-state index is -2.27. The van der Waals surface area contributed by atoms with E-state index in [4.69, 9.17) is 25.2 Å². The molecule has 0 amide bonds. The van der Waals surface area contributed by atoms with Gasteiger partial charge in [-0.2, -0.15) is 0 Å². The molecule has 3 aromatic rings. The predicted octanol–water partition coefficient (Wildman–Crippen LogP) is 4.18. The van der Waals surface area contributed by atoms with Crippen molar-refractivity contribution in [2.24, 2.45) is 0 Å². The summed E-state index contributed by atoms with van der Waals surface area (Å²) in [5.74, 6) is -2.85. The zero-order chi connectivity index (χ0) is 30.6. The fourth-order valence-corrected chi connectivity index (χ4v) is 4.01. The van der Waals surface area contributed by atoms with Gasteiger partial charge in [0.15, 0.2) is 12.2 Å². The normalized spacial score (nSPS) is 14.5. The molecule has 0 spiro atoms. The van der Waals surface area contributed by atoms with Gasteiger partial charge in [0.2, 0.25) is 0 Å². The number of carboxylic acid groups (broad SMARTS) is 2. The van der Waals surface area contributed by atoms with Gasteiger partial charge in [0.25, 0.3) is 0 Å². The number of rotatable bonds is 11. The molecule has 0 aliphatic carbocycles. The van der Waals surface area contributed by atoms with Crippen LogP contribution in [-0.4, -0.2) is 75.7 Å². The summed E-state index contributed by atoms with van der Waals surface area (Å²) in [6.45, 7) is 3.26. The van der Waals surface area contributed by atoms with Crippen LogP contribution in [0.5, 0.6) is 5.75 Å². The topological polar surface area (TPSA) is 131 Å². The monoisotopic (exact) mass is 588 g/mol. The van der Waals surface area contributed by atoms with Crippen molar-refractivity contribution in [3.8, 4) is 5.75 Å². The van der Waals surface area contributed by atoms with Crippen molar-refractivity contribution in [2.45, 2.75) is 25.0 Å². The first-order valence-electron chi connectivity index (χ1n) is 13.0. The number of ether oxygens (including phenoxy) is 1. The number of hydrogen-bond donors (Lipinski definition) is 4. The molecule has 0 fully saturated rings. The Hall–Kier alpha value is -4.39. The Morgan fingerprint density at radius 3 is 1.64 bits per heavy atom. The van der Waals surface area contributed by atoms with E-state index in [0.29, 0.717) is 5.75 Å². The summed E-state index contributed by atoms with van der Waals surface area (Å²) in [7, 11) is 0. The van der Waals surface area contributed by atoms with Crippen LogP contribution < -0.4 is 9.64 Å². The van der Waals surface area contributed by atoms with Crippen molar-refractivity contribution in [3.05, 3.63) is 102 Å². The first-order chi connectivity index (χ1) is 20.0. The van der Waals surface area contributed by atoms with Gasteiger partial charge in [0.1, 0.15) is 29.0 Å². The van der Waals surface area contributed by atoms with Gasteiger partial charge < -0.3 is 30.1 Å². The number of carboxylic acids is 2. The molecule has 4 N–H and O–H groups in total. The first kappa shape index (κ1) is 32.1. The highest BCUT2D eigenvalue weighted by molar-refractivity contribution is 5.83. The number of halogens is 3. The molecule has 42 heavy (non-hydrogen) atoms. The maximum Gasteiger partial charge on any atom is 0.335 e. The summed E-state index contributed by atoms with van der Waals surface area (Å²) in [5, 5.41) is 32.5. The molecule has 3 aromatic carbocycles. The molecule has 0 aromatic heterocycles. The van der Waals surface area contributed by atoms with Gasteiger partial charge in [-0.1, -0.05) is 0 Å². The van der Waals surface area contributed by atoms with Crippen LogP contribution in [0.25, 0.3) is 0 Å². The van der Waals surface area contributed by atoms with Crippen molar-refractivity contribution in [1.29, 1.82) is 0 Å². The van der Waals surface area contributed by atoms with Crippen LogP contribution in [0.3, 0.4) is 0 Å². The van der Waals surface area contributed by atoms with Crippen LogP contribution in [0.4, 0.5) is 24.5 Å². The van der Waals surface area contributed by atoms with E-state index >= 15 is 0 Å². The number of hydrogen-bond acceptors (Lipinski definition) is 7. The summed E-state index contributed by atoms with van der Waals surface area (Å²) in [6, 6.07) is 18.7. The number of benzene rings is 3. The van der Waals surface area contributed by atoms with Crippen molar-refractivity contribution in [1.82, 2.24) is 4.90 Å². The molecule has 0 saturated carbocycles. The average Bonchev–Trinajstić information content (AvgIpc) is 2.98. The van der Waals surface area contributed by atoms with Crippen molar-refractivity contribution >= 4 is 23.3 Å². The van der Waals surface area contributed by atoms with Crippen molar-refractivity contribution in [2.75, 3.05) is 31.1 Å². The lowest BCUT2D eigenvalue weighted by Crippen LogP contribution is -2.39. The molecular formula is C30H31F3N2O7. The van der Waals surface area contributed by atoms with E-state index in [-0.39, 0.29) is 17.5 Å². The molecule has 4 rings (SSSR count). The van der Waals surface area contributed by atoms with E-state index in [1.807, 2.05) is 0 Å². The molecule has 1 heterocycles. The molecule has 2 atom stereocenters. The van der Waals surface area contributed by atoms with Crippen molar-refractivity contribution in [3.63, 3.8) is 0 Å². The highest BCUT2D eigenvalue weighted by Crippen LogP contribution is 2.26. The Morgan fingerprint density at radius 2 is 1.24 bits per heavy atom. The fraction of sp³-hybridized carbons (Fsp3) is 0.267. The van der Waals surface area contributed by atoms with E-state index < -0.39 is 24.1 Å². The van der Waals surface area contributed by atoms with Crippen LogP contribution in [0.1, 0.15) is 12.8 Å². The number of aliphatic hydroxyl groups is 2. The van der Waals surface area contributed by atoms with Gasteiger partial charge in [0.05, 0.1) is 0 Å². The molecule has 12 heteroatoms. The van der Waals surface area contributed by atoms with Gasteiger partial charge in [-0.25, -0.2) is 22.8 Å². The minimum absolute atomic E-state index is 0.281. The lowest BCUT2D eigenvalue weighted by Gasteiger charge is -2.29. The van der Waals surface area contributed by atoms with Crippen LogP contribution >= 0.6 is 0 Å². The number of carbonyl (C=O) groups is 2. The van der Waals surface area contributed by atoms with Crippen molar-refractivity contribution < 1.29 is 47.9 Å². The van der Waals surface area contributed by atoms with Gasteiger partial charge in [0, 0.05) is 44.0 Å². The van der Waals surface area contributed by atoms with E-state index in [0.717, 1.165) is 56.2 Å². The summed E-state index contributed by atoms with van der Waals surface area (Å²) in [6.07, 6.45) is -0.798. The van der Waals surface area contributed by atoms with E-state index in [1.54, 1.807) is 36.4 Å². The first-order valence-corrected chi connectivity index (χ1v) is 13.0. The van der Waals surface area contributed by atoms with E-state index in [2.05, 4.69) is 15.9 Å². The van der Waals surface area contributed by atoms with Crippen LogP contribution in [0.2, 0.25) is 0 Å². The summed E-state index contributed by atoms with van der Waals surface area (Å²) in [4.78, 5) is 24.0. The lowest BCUT2D eigenvalue weighted by atomic mass is 10.2. The molecule has 0 radical (unpaired) electrons.